The predicted octanol–water partition coefficient (Wildman–Crippen LogP) is 5.26. The Kier molecular flexibility index (Phi) is 6.63. The maximum absolute atomic E-state index is 11.7. The third-order valence-corrected chi connectivity index (χ3v) is 8.94. The Bertz CT molecular complexity index is 541. The summed E-state index contributed by atoms with van der Waals surface area (Å²) in [6.45, 7) is 13.1. The van der Waals surface area contributed by atoms with E-state index < -0.39 is 8.32 Å². The van der Waals surface area contributed by atoms with Crippen LogP contribution in [0, 0.1) is 0 Å². The minimum atomic E-state index is -1.87. The smallest absolute Gasteiger partial charge is 0.306 e. The van der Waals surface area contributed by atoms with Gasteiger partial charge < -0.3 is 9.16 Å². The van der Waals surface area contributed by atoms with Gasteiger partial charge in [0.15, 0.2) is 0 Å². The molecule has 0 bridgehead atoms. The Morgan fingerprint density at radius 1 is 1.22 bits per heavy atom. The molecule has 0 radical (unpaired) electrons. The van der Waals surface area contributed by atoms with Crippen LogP contribution >= 0.6 is 0 Å². The summed E-state index contributed by atoms with van der Waals surface area (Å²) in [6, 6.07) is 10.0. The maximum Gasteiger partial charge on any atom is 0.306 e. The van der Waals surface area contributed by atoms with E-state index in [0.29, 0.717) is 6.42 Å². The molecule has 0 N–H and O–H groups in total. The zero-order valence-electron chi connectivity index (χ0n) is 15.5. The lowest BCUT2D eigenvalue weighted by molar-refractivity contribution is -0.140. The molecule has 0 heterocycles. The lowest BCUT2D eigenvalue weighted by Crippen LogP contribution is -2.40. The number of esters is 1. The van der Waals surface area contributed by atoms with Crippen molar-refractivity contribution in [2.45, 2.75) is 58.2 Å². The number of hydrogen-bond acceptors (Lipinski definition) is 3. The molecule has 0 spiro atoms. The quantitative estimate of drug-likeness (QED) is 0.404. The van der Waals surface area contributed by atoms with Crippen molar-refractivity contribution in [2.75, 3.05) is 7.11 Å². The molecule has 1 aromatic carbocycles. The van der Waals surface area contributed by atoms with Crippen LogP contribution in [0.15, 0.2) is 42.2 Å². The summed E-state index contributed by atoms with van der Waals surface area (Å²) in [6.07, 6.45) is 2.37. The number of carbonyl (C=O) groups excluding carboxylic acids is 1. The van der Waals surface area contributed by atoms with Crippen molar-refractivity contribution in [3.05, 3.63) is 47.7 Å². The molecule has 0 aromatic heterocycles. The van der Waals surface area contributed by atoms with Gasteiger partial charge >= 0.3 is 5.97 Å². The molecule has 4 heteroatoms. The van der Waals surface area contributed by atoms with Gasteiger partial charge in [0.25, 0.3) is 0 Å². The van der Waals surface area contributed by atoms with Crippen LogP contribution in [0.1, 0.15) is 45.6 Å². The SMILES string of the molecule is COC(=O)CC(/C=C(/C)O[Si](C)(C)C(C)(C)C)c1ccccc1. The zero-order chi connectivity index (χ0) is 17.7. The van der Waals surface area contributed by atoms with E-state index in [-0.39, 0.29) is 16.9 Å². The van der Waals surface area contributed by atoms with Gasteiger partial charge in [-0.2, -0.15) is 0 Å². The van der Waals surface area contributed by atoms with Crippen LogP contribution in [-0.2, 0) is 14.0 Å². The van der Waals surface area contributed by atoms with E-state index in [9.17, 15) is 4.79 Å². The topological polar surface area (TPSA) is 35.5 Å². The third-order valence-electron chi connectivity index (χ3n) is 4.50. The molecule has 23 heavy (non-hydrogen) atoms. The molecule has 1 aromatic rings. The molecule has 0 aliphatic heterocycles. The molecule has 0 aliphatic carbocycles. The number of ether oxygens (including phenoxy) is 1. The monoisotopic (exact) mass is 334 g/mol. The molecule has 3 nitrogen and oxygen atoms in total. The summed E-state index contributed by atoms with van der Waals surface area (Å²) in [7, 11) is -0.445. The molecule has 0 amide bonds. The third kappa shape index (κ3) is 5.86. The van der Waals surface area contributed by atoms with E-state index in [4.69, 9.17) is 9.16 Å². The number of rotatable bonds is 6. The van der Waals surface area contributed by atoms with Crippen LogP contribution in [0.5, 0.6) is 0 Å². The molecular weight excluding hydrogens is 304 g/mol. The van der Waals surface area contributed by atoms with E-state index >= 15 is 0 Å². The van der Waals surface area contributed by atoms with E-state index in [1.54, 1.807) is 0 Å². The Hall–Kier alpha value is -1.55. The fourth-order valence-corrected chi connectivity index (χ4v) is 3.29. The second-order valence-electron chi connectivity index (χ2n) is 7.44. The second-order valence-corrected chi connectivity index (χ2v) is 12.2. The number of carbonyl (C=O) groups is 1. The Morgan fingerprint density at radius 3 is 2.26 bits per heavy atom. The highest BCUT2D eigenvalue weighted by Crippen LogP contribution is 2.38. The van der Waals surface area contributed by atoms with E-state index in [0.717, 1.165) is 11.3 Å². The standard InChI is InChI=1S/C19H30O3Si/c1-15(22-23(6,7)19(2,3)4)13-17(14-18(20)21-5)16-11-9-8-10-12-16/h8-13,17H,14H2,1-7H3/b15-13-. The van der Waals surface area contributed by atoms with Crippen LogP contribution in [-0.4, -0.2) is 21.4 Å². The van der Waals surface area contributed by atoms with Crippen molar-refractivity contribution in [1.29, 1.82) is 0 Å². The summed E-state index contributed by atoms with van der Waals surface area (Å²) >= 11 is 0. The molecule has 1 atom stereocenters. The molecule has 128 valence electrons. The van der Waals surface area contributed by atoms with Gasteiger partial charge in [0.05, 0.1) is 19.3 Å². The minimum Gasteiger partial charge on any atom is -0.547 e. The van der Waals surface area contributed by atoms with E-state index in [1.807, 2.05) is 43.3 Å². The van der Waals surface area contributed by atoms with Crippen molar-refractivity contribution >= 4 is 14.3 Å². The lowest BCUT2D eigenvalue weighted by Gasteiger charge is -2.37. The summed E-state index contributed by atoms with van der Waals surface area (Å²) in [5.41, 5.74) is 1.09. The van der Waals surface area contributed by atoms with Gasteiger partial charge in [0.2, 0.25) is 8.32 Å². The Balaban J connectivity index is 3.01. The summed E-state index contributed by atoms with van der Waals surface area (Å²) < 4.78 is 11.2. The minimum absolute atomic E-state index is 0.0339. The average molecular weight is 335 g/mol. The second kappa shape index (κ2) is 7.82. The molecule has 0 fully saturated rings. The molecule has 0 aliphatic rings. The fraction of sp³-hybridized carbons (Fsp3) is 0.526. The highest BCUT2D eigenvalue weighted by Gasteiger charge is 2.39. The number of methoxy groups -OCH3 is 1. The van der Waals surface area contributed by atoms with Crippen LogP contribution in [0.25, 0.3) is 0 Å². The molecule has 0 saturated heterocycles. The summed E-state index contributed by atoms with van der Waals surface area (Å²) in [5.74, 6) is 0.637. The molecular formula is C19H30O3Si. The van der Waals surface area contributed by atoms with E-state index in [1.165, 1.54) is 7.11 Å². The first kappa shape index (κ1) is 19.5. The fourth-order valence-electron chi connectivity index (χ4n) is 2.11. The van der Waals surface area contributed by atoms with Gasteiger partial charge in [-0.15, -0.1) is 0 Å². The maximum atomic E-state index is 11.7. The number of benzene rings is 1. The van der Waals surface area contributed by atoms with Gasteiger partial charge in [0, 0.05) is 5.92 Å². The van der Waals surface area contributed by atoms with Crippen LogP contribution in [0.2, 0.25) is 18.1 Å². The zero-order valence-corrected chi connectivity index (χ0v) is 16.5. The number of allylic oxidation sites excluding steroid dienone is 2. The van der Waals surface area contributed by atoms with Gasteiger partial charge in [-0.1, -0.05) is 51.1 Å². The highest BCUT2D eigenvalue weighted by atomic mass is 28.4. The van der Waals surface area contributed by atoms with E-state index in [2.05, 4.69) is 33.9 Å². The first-order valence-electron chi connectivity index (χ1n) is 8.06. The van der Waals surface area contributed by atoms with Crippen LogP contribution in [0.3, 0.4) is 0 Å². The van der Waals surface area contributed by atoms with Crippen molar-refractivity contribution in [2.24, 2.45) is 0 Å². The molecule has 1 unspecified atom stereocenters. The van der Waals surface area contributed by atoms with Gasteiger partial charge in [-0.05, 0) is 36.7 Å². The predicted molar refractivity (Wildman–Crippen MR) is 97.9 cm³/mol. The van der Waals surface area contributed by atoms with Gasteiger partial charge in [-0.25, -0.2) is 0 Å². The molecule has 0 saturated carbocycles. The van der Waals surface area contributed by atoms with Crippen molar-refractivity contribution in [1.82, 2.24) is 0 Å². The highest BCUT2D eigenvalue weighted by molar-refractivity contribution is 6.74. The van der Waals surface area contributed by atoms with Crippen LogP contribution in [0.4, 0.5) is 0 Å². The Morgan fingerprint density at radius 2 is 1.78 bits per heavy atom. The van der Waals surface area contributed by atoms with Crippen LogP contribution < -0.4 is 0 Å². The van der Waals surface area contributed by atoms with Crippen molar-refractivity contribution < 1.29 is 14.0 Å². The van der Waals surface area contributed by atoms with Gasteiger partial charge in [-0.3, -0.25) is 4.79 Å². The summed E-state index contributed by atoms with van der Waals surface area (Å²) in [5, 5.41) is 0.146. The van der Waals surface area contributed by atoms with Crippen molar-refractivity contribution in [3.8, 4) is 0 Å². The number of hydrogen-bond donors (Lipinski definition) is 0. The Labute approximate surface area is 141 Å². The largest absolute Gasteiger partial charge is 0.547 e. The average Bonchev–Trinajstić information content (AvgIpc) is 2.45. The van der Waals surface area contributed by atoms with Gasteiger partial charge in [0.1, 0.15) is 0 Å². The van der Waals surface area contributed by atoms with Crippen molar-refractivity contribution in [3.63, 3.8) is 0 Å². The lowest BCUT2D eigenvalue weighted by atomic mass is 9.95. The normalized spacial score (nSPS) is 14.3. The summed E-state index contributed by atoms with van der Waals surface area (Å²) in [4.78, 5) is 11.7. The molecule has 1 rings (SSSR count). The first-order chi connectivity index (χ1) is 10.6. The first-order valence-corrected chi connectivity index (χ1v) is 11.0.